The lowest BCUT2D eigenvalue weighted by molar-refractivity contribution is 0.00578. The quantitative estimate of drug-likeness (QED) is 0.470. The van der Waals surface area contributed by atoms with Crippen LogP contribution in [0, 0.1) is 5.41 Å². The van der Waals surface area contributed by atoms with Crippen LogP contribution in [0.2, 0.25) is 6.32 Å². The molecule has 0 saturated carbocycles. The molecular weight excluding hydrogens is 273 g/mol. The molecule has 4 heteroatoms. The lowest BCUT2D eigenvalue weighted by Crippen LogP contribution is -2.41. The first-order chi connectivity index (χ1) is 10.2. The highest BCUT2D eigenvalue weighted by molar-refractivity contribution is 6.45. The molecule has 130 valence electrons. The highest BCUT2D eigenvalue weighted by Crippen LogP contribution is 2.38. The fraction of sp³-hybridized carbons (Fsp3) is 1.00. The first-order valence-electron chi connectivity index (χ1n) is 9.22. The van der Waals surface area contributed by atoms with Crippen LogP contribution in [0.4, 0.5) is 0 Å². The maximum Gasteiger partial charge on any atom is 0.457 e. The summed E-state index contributed by atoms with van der Waals surface area (Å²) in [6.07, 6.45) is 7.17. The van der Waals surface area contributed by atoms with Crippen molar-refractivity contribution in [3.63, 3.8) is 0 Å². The molecule has 1 unspecified atom stereocenters. The van der Waals surface area contributed by atoms with Gasteiger partial charge in [-0.25, -0.2) is 0 Å². The zero-order valence-electron chi connectivity index (χ0n) is 16.1. The monoisotopic (exact) mass is 311 g/mol. The maximum atomic E-state index is 6.07. The van der Waals surface area contributed by atoms with Gasteiger partial charge in [-0.3, -0.25) is 0 Å². The molecule has 0 spiro atoms. The summed E-state index contributed by atoms with van der Waals surface area (Å²) in [6, 6.07) is 0. The fourth-order valence-electron chi connectivity index (χ4n) is 2.90. The van der Waals surface area contributed by atoms with E-state index in [9.17, 15) is 0 Å². The van der Waals surface area contributed by atoms with Crippen LogP contribution >= 0.6 is 0 Å². The predicted molar refractivity (Wildman–Crippen MR) is 96.3 cm³/mol. The molecule has 1 aliphatic heterocycles. The van der Waals surface area contributed by atoms with E-state index in [1.165, 1.54) is 32.1 Å². The first kappa shape index (κ1) is 20.0. The van der Waals surface area contributed by atoms with E-state index in [1.54, 1.807) is 0 Å². The van der Waals surface area contributed by atoms with E-state index in [4.69, 9.17) is 9.31 Å². The molecular formula is C18H38BNO2. The largest absolute Gasteiger partial charge is 0.457 e. The lowest BCUT2D eigenvalue weighted by atomic mass is 9.78. The molecule has 0 aromatic carbocycles. The standard InChI is InChI=1S/C18H38BNO2/c1-8-14-20-15-18(7,9-2)12-10-11-13-19-21-16(3,4)17(5,6)22-19/h20H,8-15H2,1-7H3. The van der Waals surface area contributed by atoms with E-state index in [0.717, 1.165) is 19.4 Å². The van der Waals surface area contributed by atoms with Gasteiger partial charge in [0, 0.05) is 6.54 Å². The maximum absolute atomic E-state index is 6.07. The Morgan fingerprint density at radius 2 is 1.59 bits per heavy atom. The number of rotatable bonds is 10. The smallest absolute Gasteiger partial charge is 0.403 e. The van der Waals surface area contributed by atoms with Crippen LogP contribution in [0.25, 0.3) is 0 Å². The van der Waals surface area contributed by atoms with E-state index in [2.05, 4.69) is 53.8 Å². The summed E-state index contributed by atoms with van der Waals surface area (Å²) in [7, 11) is -0.0314. The third-order valence-corrected chi connectivity index (χ3v) is 5.60. The van der Waals surface area contributed by atoms with Gasteiger partial charge in [0.2, 0.25) is 0 Å². The van der Waals surface area contributed by atoms with E-state index in [-0.39, 0.29) is 18.3 Å². The molecule has 22 heavy (non-hydrogen) atoms. The van der Waals surface area contributed by atoms with Crippen molar-refractivity contribution in [2.45, 2.75) is 98.1 Å². The highest BCUT2D eigenvalue weighted by atomic mass is 16.7. The summed E-state index contributed by atoms with van der Waals surface area (Å²) in [6.45, 7) is 17.7. The van der Waals surface area contributed by atoms with Gasteiger partial charge in [0.25, 0.3) is 0 Å². The molecule has 0 amide bonds. The first-order valence-corrected chi connectivity index (χ1v) is 9.22. The second-order valence-electron chi connectivity index (χ2n) is 8.27. The Morgan fingerprint density at radius 3 is 2.09 bits per heavy atom. The third-order valence-electron chi connectivity index (χ3n) is 5.60. The third kappa shape index (κ3) is 5.54. The van der Waals surface area contributed by atoms with E-state index in [0.29, 0.717) is 5.41 Å². The Labute approximate surface area is 139 Å². The number of nitrogens with one attached hydrogen (secondary N) is 1. The van der Waals surface area contributed by atoms with E-state index in [1.807, 2.05) is 0 Å². The Balaban J connectivity index is 2.27. The topological polar surface area (TPSA) is 30.5 Å². The molecule has 1 saturated heterocycles. The molecule has 3 nitrogen and oxygen atoms in total. The van der Waals surface area contributed by atoms with Crippen molar-refractivity contribution in [2.24, 2.45) is 5.41 Å². The zero-order valence-corrected chi connectivity index (χ0v) is 16.1. The average molecular weight is 311 g/mol. The Morgan fingerprint density at radius 1 is 1.00 bits per heavy atom. The van der Waals surface area contributed by atoms with Gasteiger partial charge in [0.15, 0.2) is 0 Å². The fourth-order valence-corrected chi connectivity index (χ4v) is 2.90. The Bertz CT molecular complexity index is 317. The van der Waals surface area contributed by atoms with E-state index < -0.39 is 0 Å². The summed E-state index contributed by atoms with van der Waals surface area (Å²) in [5, 5.41) is 3.58. The Kier molecular flexibility index (Phi) is 7.42. The molecule has 1 heterocycles. The van der Waals surface area contributed by atoms with E-state index >= 15 is 0 Å². The van der Waals surface area contributed by atoms with Crippen LogP contribution in [0.1, 0.15) is 80.6 Å². The number of unbranched alkanes of at least 4 members (excludes halogenated alkanes) is 1. The molecule has 0 aromatic heterocycles. The SMILES string of the molecule is CCCNCC(C)(CC)CCCCB1OC(C)(C)C(C)(C)O1. The molecule has 0 bridgehead atoms. The van der Waals surface area contributed by atoms with Gasteiger partial charge in [0.1, 0.15) is 0 Å². The number of hydrogen-bond donors (Lipinski definition) is 1. The molecule has 1 atom stereocenters. The number of hydrogen-bond acceptors (Lipinski definition) is 3. The Hall–Kier alpha value is -0.0551. The van der Waals surface area contributed by atoms with Crippen LogP contribution < -0.4 is 5.32 Å². The summed E-state index contributed by atoms with van der Waals surface area (Å²) >= 11 is 0. The van der Waals surface area contributed by atoms with Gasteiger partial charge in [-0.1, -0.05) is 33.6 Å². The predicted octanol–water partition coefficient (Wildman–Crippen LogP) is 4.66. The summed E-state index contributed by atoms with van der Waals surface area (Å²) < 4.78 is 12.1. The molecule has 1 aliphatic rings. The second-order valence-corrected chi connectivity index (χ2v) is 8.27. The van der Waals surface area contributed by atoms with Gasteiger partial charge < -0.3 is 14.6 Å². The van der Waals surface area contributed by atoms with Crippen molar-refractivity contribution in [2.75, 3.05) is 13.1 Å². The molecule has 1 fully saturated rings. The van der Waals surface area contributed by atoms with Gasteiger partial charge in [0.05, 0.1) is 11.2 Å². The molecule has 0 aliphatic carbocycles. The summed E-state index contributed by atoms with van der Waals surface area (Å²) in [5.41, 5.74) is 0.0322. The normalized spacial score (nSPS) is 22.8. The van der Waals surface area contributed by atoms with Crippen LogP contribution in [0.3, 0.4) is 0 Å². The minimum absolute atomic E-state index is 0.0314. The van der Waals surface area contributed by atoms with Gasteiger partial charge >= 0.3 is 7.12 Å². The second kappa shape index (κ2) is 8.16. The zero-order chi connectivity index (χ0) is 16.9. The highest BCUT2D eigenvalue weighted by Gasteiger charge is 2.50. The van der Waals surface area contributed by atoms with Crippen molar-refractivity contribution in [3.8, 4) is 0 Å². The average Bonchev–Trinajstić information content (AvgIpc) is 2.63. The van der Waals surface area contributed by atoms with Crippen molar-refractivity contribution < 1.29 is 9.31 Å². The molecule has 1 rings (SSSR count). The van der Waals surface area contributed by atoms with Crippen LogP contribution in [0.15, 0.2) is 0 Å². The minimum Gasteiger partial charge on any atom is -0.403 e. The molecule has 0 aromatic rings. The summed E-state index contributed by atoms with van der Waals surface area (Å²) in [4.78, 5) is 0. The minimum atomic E-state index is -0.195. The summed E-state index contributed by atoms with van der Waals surface area (Å²) in [5.74, 6) is 0. The van der Waals surface area contributed by atoms with Crippen LogP contribution in [0.5, 0.6) is 0 Å². The van der Waals surface area contributed by atoms with Crippen molar-refractivity contribution in [1.29, 1.82) is 0 Å². The van der Waals surface area contributed by atoms with Gasteiger partial charge in [-0.05, 0) is 65.2 Å². The molecule has 0 radical (unpaired) electrons. The van der Waals surface area contributed by atoms with Crippen molar-refractivity contribution in [3.05, 3.63) is 0 Å². The van der Waals surface area contributed by atoms with Gasteiger partial charge in [-0.2, -0.15) is 0 Å². The lowest BCUT2D eigenvalue weighted by Gasteiger charge is -2.32. The molecule has 1 N–H and O–H groups in total. The van der Waals surface area contributed by atoms with Gasteiger partial charge in [-0.15, -0.1) is 0 Å². The van der Waals surface area contributed by atoms with Crippen LogP contribution in [-0.2, 0) is 9.31 Å². The van der Waals surface area contributed by atoms with Crippen molar-refractivity contribution >= 4 is 7.12 Å². The van der Waals surface area contributed by atoms with Crippen LogP contribution in [-0.4, -0.2) is 31.4 Å². The van der Waals surface area contributed by atoms with Crippen molar-refractivity contribution in [1.82, 2.24) is 5.32 Å².